The highest BCUT2D eigenvalue weighted by atomic mass is 16.6. The van der Waals surface area contributed by atoms with Gasteiger partial charge in [0.05, 0.1) is 11.8 Å². The monoisotopic (exact) mass is 288 g/mol. The van der Waals surface area contributed by atoms with E-state index in [4.69, 9.17) is 9.47 Å². The summed E-state index contributed by atoms with van der Waals surface area (Å²) in [5.41, 5.74) is 2.31. The number of esters is 3. The standard InChI is InChI=1S/C16H16O5/c1-6-10(5-20-7(2)17)12-9-4-3-8(11(6)12)13-14(9)16(19)21-15(13)18/h3-4,8-9,11-14H,5H2,1-2H3/t8-,9-,11-,12-,13-,14+/m1/s1. The molecule has 5 nitrogen and oxygen atoms in total. The zero-order valence-corrected chi connectivity index (χ0v) is 11.9. The Hall–Kier alpha value is -1.91. The van der Waals surface area contributed by atoms with Crippen molar-refractivity contribution in [1.29, 1.82) is 0 Å². The molecule has 1 saturated carbocycles. The first-order valence-electron chi connectivity index (χ1n) is 7.27. The van der Waals surface area contributed by atoms with Crippen LogP contribution in [0.15, 0.2) is 23.3 Å². The van der Waals surface area contributed by atoms with E-state index in [2.05, 4.69) is 6.08 Å². The summed E-state index contributed by atoms with van der Waals surface area (Å²) >= 11 is 0. The molecule has 5 aliphatic rings. The molecular formula is C16H16O5. The Morgan fingerprint density at radius 1 is 1.10 bits per heavy atom. The summed E-state index contributed by atoms with van der Waals surface area (Å²) in [6.45, 7) is 3.72. The third-order valence-corrected chi connectivity index (χ3v) is 5.57. The summed E-state index contributed by atoms with van der Waals surface area (Å²) in [7, 11) is 0. The number of carbonyl (C=O) groups excluding carboxylic acids is 3. The van der Waals surface area contributed by atoms with Crippen LogP contribution in [0.4, 0.5) is 0 Å². The quantitative estimate of drug-likeness (QED) is 0.434. The lowest BCUT2D eigenvalue weighted by Gasteiger charge is -2.56. The number of ether oxygens (including phenoxy) is 2. The van der Waals surface area contributed by atoms with Gasteiger partial charge in [0.1, 0.15) is 6.61 Å². The molecule has 1 aliphatic heterocycles. The van der Waals surface area contributed by atoms with Crippen molar-refractivity contribution >= 4 is 17.9 Å². The van der Waals surface area contributed by atoms with Crippen LogP contribution < -0.4 is 0 Å². The van der Waals surface area contributed by atoms with Crippen LogP contribution in [0.1, 0.15) is 13.8 Å². The van der Waals surface area contributed by atoms with Crippen molar-refractivity contribution in [3.63, 3.8) is 0 Å². The lowest BCUT2D eigenvalue weighted by molar-refractivity contribution is -0.154. The van der Waals surface area contributed by atoms with E-state index >= 15 is 0 Å². The second-order valence-corrected chi connectivity index (χ2v) is 6.37. The molecule has 0 aromatic carbocycles. The largest absolute Gasteiger partial charge is 0.461 e. The summed E-state index contributed by atoms with van der Waals surface area (Å²) in [5, 5.41) is 0. The first-order chi connectivity index (χ1) is 10.0. The van der Waals surface area contributed by atoms with Crippen LogP contribution in [0.2, 0.25) is 0 Å². The van der Waals surface area contributed by atoms with Gasteiger partial charge in [-0.1, -0.05) is 17.7 Å². The number of cyclic esters (lactones) is 2. The SMILES string of the molecule is CC(=O)OCC1=C(C)[C@@H]2[C@H]3C=C[C@@H]([C@@H]4C(=O)OC(=O)[C@H]34)[C@H]12. The van der Waals surface area contributed by atoms with E-state index < -0.39 is 0 Å². The van der Waals surface area contributed by atoms with Gasteiger partial charge in [0.15, 0.2) is 0 Å². The lowest BCUT2D eigenvalue weighted by Crippen LogP contribution is -2.55. The Bertz CT molecular complexity index is 629. The second-order valence-electron chi connectivity index (χ2n) is 6.37. The molecule has 0 N–H and O–H groups in total. The Kier molecular flexibility index (Phi) is 2.47. The van der Waals surface area contributed by atoms with E-state index in [0.717, 1.165) is 5.57 Å². The fraction of sp³-hybridized carbons (Fsp3) is 0.562. The van der Waals surface area contributed by atoms with Crippen molar-refractivity contribution in [2.45, 2.75) is 13.8 Å². The Labute approximate surface area is 122 Å². The molecule has 5 rings (SSSR count). The maximum absolute atomic E-state index is 12.0. The summed E-state index contributed by atoms with van der Waals surface area (Å²) in [5.74, 6) is -1.20. The average molecular weight is 288 g/mol. The van der Waals surface area contributed by atoms with Gasteiger partial charge in [-0.25, -0.2) is 0 Å². The number of carbonyl (C=O) groups is 3. The Balaban J connectivity index is 1.68. The van der Waals surface area contributed by atoms with Gasteiger partial charge in [0.2, 0.25) is 0 Å². The molecule has 21 heavy (non-hydrogen) atoms. The Morgan fingerprint density at radius 3 is 2.24 bits per heavy atom. The molecule has 2 bridgehead atoms. The van der Waals surface area contributed by atoms with Crippen molar-refractivity contribution in [1.82, 2.24) is 0 Å². The van der Waals surface area contributed by atoms with Crippen molar-refractivity contribution in [2.75, 3.05) is 6.61 Å². The number of rotatable bonds is 2. The molecule has 0 amide bonds. The predicted octanol–water partition coefficient (Wildman–Crippen LogP) is 1.24. The van der Waals surface area contributed by atoms with E-state index in [1.54, 1.807) is 0 Å². The maximum atomic E-state index is 12.0. The molecular weight excluding hydrogens is 272 g/mol. The zero-order valence-electron chi connectivity index (χ0n) is 11.9. The molecule has 0 aromatic rings. The molecule has 0 unspecified atom stereocenters. The highest BCUT2D eigenvalue weighted by molar-refractivity contribution is 5.98. The average Bonchev–Trinajstić information content (AvgIpc) is 2.75. The summed E-state index contributed by atoms with van der Waals surface area (Å²) < 4.78 is 9.99. The van der Waals surface area contributed by atoms with E-state index in [1.807, 2.05) is 13.0 Å². The topological polar surface area (TPSA) is 69.7 Å². The maximum Gasteiger partial charge on any atom is 0.318 e. The van der Waals surface area contributed by atoms with Gasteiger partial charge in [-0.05, 0) is 36.2 Å². The third kappa shape index (κ3) is 1.49. The molecule has 110 valence electrons. The minimum absolute atomic E-state index is 0.00166. The third-order valence-electron chi connectivity index (χ3n) is 5.57. The molecule has 4 aliphatic carbocycles. The highest BCUT2D eigenvalue weighted by Crippen LogP contribution is 2.63. The van der Waals surface area contributed by atoms with Crippen LogP contribution in [0.3, 0.4) is 0 Å². The number of hydrogen-bond donors (Lipinski definition) is 0. The summed E-state index contributed by atoms with van der Waals surface area (Å²) in [6.07, 6.45) is 4.12. The van der Waals surface area contributed by atoms with Crippen LogP contribution in [0.25, 0.3) is 0 Å². The summed E-state index contributed by atoms with van der Waals surface area (Å²) in [6, 6.07) is 0. The van der Waals surface area contributed by atoms with Crippen molar-refractivity contribution in [3.05, 3.63) is 23.3 Å². The highest BCUT2D eigenvalue weighted by Gasteiger charge is 2.65. The van der Waals surface area contributed by atoms with Crippen molar-refractivity contribution in [2.24, 2.45) is 35.5 Å². The molecule has 0 radical (unpaired) electrons. The number of hydrogen-bond acceptors (Lipinski definition) is 5. The smallest absolute Gasteiger partial charge is 0.318 e. The minimum atomic E-state index is -0.390. The van der Waals surface area contributed by atoms with E-state index in [0.29, 0.717) is 6.61 Å². The molecule has 2 fully saturated rings. The van der Waals surface area contributed by atoms with Crippen LogP contribution in [-0.4, -0.2) is 24.5 Å². The van der Waals surface area contributed by atoms with Crippen molar-refractivity contribution in [3.8, 4) is 0 Å². The van der Waals surface area contributed by atoms with E-state index in [-0.39, 0.29) is 53.4 Å². The van der Waals surface area contributed by atoms with E-state index in [9.17, 15) is 14.4 Å². The zero-order chi connectivity index (χ0) is 14.9. The van der Waals surface area contributed by atoms with Gasteiger partial charge in [-0.15, -0.1) is 0 Å². The number of allylic oxidation sites excluding steroid dienone is 3. The fourth-order valence-electron chi connectivity index (χ4n) is 4.76. The van der Waals surface area contributed by atoms with Gasteiger partial charge in [0.25, 0.3) is 0 Å². The normalized spacial score (nSPS) is 42.4. The van der Waals surface area contributed by atoms with Crippen LogP contribution in [-0.2, 0) is 23.9 Å². The van der Waals surface area contributed by atoms with Gasteiger partial charge in [0, 0.05) is 6.92 Å². The molecule has 6 atom stereocenters. The minimum Gasteiger partial charge on any atom is -0.461 e. The van der Waals surface area contributed by atoms with Crippen LogP contribution >= 0.6 is 0 Å². The summed E-state index contributed by atoms with van der Waals surface area (Å²) in [4.78, 5) is 34.9. The molecule has 1 heterocycles. The Morgan fingerprint density at radius 2 is 1.67 bits per heavy atom. The van der Waals surface area contributed by atoms with Gasteiger partial charge >= 0.3 is 17.9 Å². The van der Waals surface area contributed by atoms with Gasteiger partial charge < -0.3 is 9.47 Å². The predicted molar refractivity (Wildman–Crippen MR) is 70.5 cm³/mol. The molecule has 0 spiro atoms. The first-order valence-corrected chi connectivity index (χ1v) is 7.27. The molecule has 1 saturated heterocycles. The fourth-order valence-corrected chi connectivity index (χ4v) is 4.76. The van der Waals surface area contributed by atoms with Gasteiger partial charge in [-0.2, -0.15) is 0 Å². The lowest BCUT2D eigenvalue weighted by atomic mass is 9.45. The molecule has 5 heteroatoms. The first kappa shape index (κ1) is 12.8. The molecule has 0 aromatic heterocycles. The second kappa shape index (κ2) is 4.06. The van der Waals surface area contributed by atoms with Crippen LogP contribution in [0.5, 0.6) is 0 Å². The van der Waals surface area contributed by atoms with E-state index in [1.165, 1.54) is 12.5 Å². The van der Waals surface area contributed by atoms with Crippen molar-refractivity contribution < 1.29 is 23.9 Å². The van der Waals surface area contributed by atoms with Crippen LogP contribution in [0, 0.1) is 35.5 Å². The van der Waals surface area contributed by atoms with Gasteiger partial charge in [-0.3, -0.25) is 14.4 Å².